The van der Waals surface area contributed by atoms with Crippen LogP contribution in [0.3, 0.4) is 0 Å². The zero-order chi connectivity index (χ0) is 18.1. The number of hydrogen-bond donors (Lipinski definition) is 0. The Morgan fingerprint density at radius 1 is 1.04 bits per heavy atom. The molecular formula is C19H11ClN2O4. The fourth-order valence-electron chi connectivity index (χ4n) is 2.57. The molecule has 0 radical (unpaired) electrons. The number of fused-ring (bicyclic) bond motifs is 1. The second-order valence-corrected chi connectivity index (χ2v) is 5.91. The molecule has 0 atom stereocenters. The smallest absolute Gasteiger partial charge is 0.281 e. The first kappa shape index (κ1) is 16.1. The normalized spacial score (nSPS) is 11.4. The molecule has 0 aliphatic rings. The number of para-hydroxylation sites is 2. The van der Waals surface area contributed by atoms with Gasteiger partial charge < -0.3 is 8.83 Å². The van der Waals surface area contributed by atoms with Crippen LogP contribution >= 0.6 is 11.6 Å². The van der Waals surface area contributed by atoms with Crippen LogP contribution in [0.5, 0.6) is 0 Å². The van der Waals surface area contributed by atoms with E-state index < -0.39 is 4.92 Å². The highest BCUT2D eigenvalue weighted by Crippen LogP contribution is 2.33. The van der Waals surface area contributed by atoms with Crippen LogP contribution in [0.25, 0.3) is 34.6 Å². The highest BCUT2D eigenvalue weighted by atomic mass is 35.5. The van der Waals surface area contributed by atoms with Crippen LogP contribution in [-0.2, 0) is 0 Å². The summed E-state index contributed by atoms with van der Waals surface area (Å²) in [5.41, 5.74) is 1.72. The molecule has 128 valence electrons. The summed E-state index contributed by atoms with van der Waals surface area (Å²) in [5.74, 6) is 1.35. The van der Waals surface area contributed by atoms with Gasteiger partial charge in [0, 0.05) is 17.2 Å². The largest absolute Gasteiger partial charge is 0.456 e. The molecule has 2 aromatic carbocycles. The lowest BCUT2D eigenvalue weighted by Gasteiger charge is -2.00. The van der Waals surface area contributed by atoms with Crippen molar-refractivity contribution in [3.63, 3.8) is 0 Å². The van der Waals surface area contributed by atoms with Gasteiger partial charge in [0.15, 0.2) is 5.58 Å². The Morgan fingerprint density at radius 2 is 1.88 bits per heavy atom. The molecule has 0 saturated carbocycles. The van der Waals surface area contributed by atoms with Gasteiger partial charge in [-0.15, -0.1) is 0 Å². The minimum atomic E-state index is -0.489. The molecule has 2 heterocycles. The van der Waals surface area contributed by atoms with Crippen LogP contribution in [0, 0.1) is 10.1 Å². The van der Waals surface area contributed by atoms with Crippen molar-refractivity contribution < 1.29 is 13.8 Å². The van der Waals surface area contributed by atoms with Gasteiger partial charge in [-0.1, -0.05) is 23.7 Å². The van der Waals surface area contributed by atoms with Gasteiger partial charge in [-0.3, -0.25) is 10.1 Å². The predicted octanol–water partition coefficient (Wildman–Crippen LogP) is 5.82. The fraction of sp³-hybridized carbons (Fsp3) is 0. The molecule has 0 spiro atoms. The number of rotatable bonds is 4. The van der Waals surface area contributed by atoms with E-state index in [1.165, 1.54) is 6.07 Å². The number of furan rings is 1. The van der Waals surface area contributed by atoms with Crippen molar-refractivity contribution in [2.45, 2.75) is 0 Å². The van der Waals surface area contributed by atoms with Gasteiger partial charge in [-0.2, -0.15) is 0 Å². The molecule has 0 fully saturated rings. The molecule has 0 bridgehead atoms. The van der Waals surface area contributed by atoms with E-state index in [1.54, 1.807) is 36.4 Å². The minimum Gasteiger partial charge on any atom is -0.456 e. The van der Waals surface area contributed by atoms with Crippen LogP contribution < -0.4 is 0 Å². The van der Waals surface area contributed by atoms with Crippen LogP contribution in [0.15, 0.2) is 63.4 Å². The summed E-state index contributed by atoms with van der Waals surface area (Å²) in [5, 5.41) is 11.5. The van der Waals surface area contributed by atoms with Crippen LogP contribution in [-0.4, -0.2) is 9.91 Å². The molecule has 0 N–H and O–H groups in total. The van der Waals surface area contributed by atoms with Gasteiger partial charge in [-0.25, -0.2) is 4.98 Å². The standard InChI is InChI=1S/C19H11ClN2O4/c20-12-5-8-14(16(11-12)22(23)24)17-9-6-13(25-17)7-10-19-21-15-3-1-2-4-18(15)26-19/h1-11H. The summed E-state index contributed by atoms with van der Waals surface area (Å²) in [6, 6.07) is 15.3. The number of hydrogen-bond acceptors (Lipinski definition) is 5. The molecule has 0 unspecified atom stereocenters. The molecule has 26 heavy (non-hydrogen) atoms. The van der Waals surface area contributed by atoms with E-state index in [0.717, 1.165) is 5.52 Å². The molecule has 0 aliphatic carbocycles. The third-order valence-electron chi connectivity index (χ3n) is 3.75. The van der Waals surface area contributed by atoms with Crippen LogP contribution in [0.4, 0.5) is 5.69 Å². The van der Waals surface area contributed by atoms with Crippen molar-refractivity contribution in [1.82, 2.24) is 4.98 Å². The van der Waals surface area contributed by atoms with E-state index in [4.69, 9.17) is 20.4 Å². The second kappa shape index (κ2) is 6.50. The van der Waals surface area contributed by atoms with E-state index in [-0.39, 0.29) is 5.69 Å². The Kier molecular flexibility index (Phi) is 4.02. The molecular weight excluding hydrogens is 356 g/mol. The van der Waals surface area contributed by atoms with Gasteiger partial charge >= 0.3 is 0 Å². The Hall–Kier alpha value is -3.38. The summed E-state index contributed by atoms with van der Waals surface area (Å²) in [6.07, 6.45) is 3.37. The highest BCUT2D eigenvalue weighted by molar-refractivity contribution is 6.30. The lowest BCUT2D eigenvalue weighted by Crippen LogP contribution is -1.91. The third-order valence-corrected chi connectivity index (χ3v) is 3.98. The summed E-state index contributed by atoms with van der Waals surface area (Å²) >= 11 is 5.84. The van der Waals surface area contributed by atoms with Crippen molar-refractivity contribution in [1.29, 1.82) is 0 Å². The average Bonchev–Trinajstić information content (AvgIpc) is 3.26. The zero-order valence-electron chi connectivity index (χ0n) is 13.3. The van der Waals surface area contributed by atoms with Crippen LogP contribution in [0.2, 0.25) is 5.02 Å². The lowest BCUT2D eigenvalue weighted by atomic mass is 10.1. The van der Waals surface area contributed by atoms with Crippen molar-refractivity contribution >= 4 is 40.5 Å². The molecule has 0 saturated heterocycles. The number of nitrogens with zero attached hydrogens (tertiary/aromatic N) is 2. The molecule has 7 heteroatoms. The maximum absolute atomic E-state index is 11.2. The van der Waals surface area contributed by atoms with Gasteiger partial charge in [0.1, 0.15) is 17.0 Å². The number of halogens is 1. The Bertz CT molecular complexity index is 1110. The van der Waals surface area contributed by atoms with Crippen molar-refractivity contribution in [3.05, 3.63) is 81.4 Å². The maximum atomic E-state index is 11.2. The second-order valence-electron chi connectivity index (χ2n) is 5.47. The first-order valence-electron chi connectivity index (χ1n) is 7.68. The van der Waals surface area contributed by atoms with Gasteiger partial charge in [0.2, 0.25) is 5.89 Å². The number of nitro benzene ring substituents is 1. The van der Waals surface area contributed by atoms with E-state index in [2.05, 4.69) is 4.98 Å². The summed E-state index contributed by atoms with van der Waals surface area (Å²) < 4.78 is 11.3. The molecule has 4 rings (SSSR count). The van der Waals surface area contributed by atoms with Crippen LogP contribution in [0.1, 0.15) is 11.7 Å². The number of oxazole rings is 1. The minimum absolute atomic E-state index is 0.110. The van der Waals surface area contributed by atoms with E-state index >= 15 is 0 Å². The molecule has 0 amide bonds. The molecule has 0 aliphatic heterocycles. The number of aromatic nitrogens is 1. The van der Waals surface area contributed by atoms with Crippen molar-refractivity contribution in [2.24, 2.45) is 0 Å². The van der Waals surface area contributed by atoms with Gasteiger partial charge in [0.25, 0.3) is 5.69 Å². The third kappa shape index (κ3) is 3.10. The van der Waals surface area contributed by atoms with Crippen molar-refractivity contribution in [2.75, 3.05) is 0 Å². The lowest BCUT2D eigenvalue weighted by molar-refractivity contribution is -0.384. The zero-order valence-corrected chi connectivity index (χ0v) is 14.0. The number of nitro groups is 1. The predicted molar refractivity (Wildman–Crippen MR) is 98.7 cm³/mol. The summed E-state index contributed by atoms with van der Waals surface area (Å²) in [6.45, 7) is 0. The average molecular weight is 367 g/mol. The molecule has 2 aromatic heterocycles. The van der Waals surface area contributed by atoms with E-state index in [0.29, 0.717) is 33.6 Å². The Balaban J connectivity index is 1.63. The Morgan fingerprint density at radius 3 is 2.69 bits per heavy atom. The topological polar surface area (TPSA) is 82.3 Å². The van der Waals surface area contributed by atoms with Gasteiger partial charge in [0.05, 0.1) is 10.5 Å². The first-order valence-corrected chi connectivity index (χ1v) is 8.06. The van der Waals surface area contributed by atoms with E-state index in [9.17, 15) is 10.1 Å². The fourth-order valence-corrected chi connectivity index (χ4v) is 2.73. The quantitative estimate of drug-likeness (QED) is 0.335. The number of benzene rings is 2. The van der Waals surface area contributed by atoms with Gasteiger partial charge in [-0.05, 0) is 42.5 Å². The maximum Gasteiger partial charge on any atom is 0.281 e. The summed E-state index contributed by atoms with van der Waals surface area (Å²) in [7, 11) is 0. The summed E-state index contributed by atoms with van der Waals surface area (Å²) in [4.78, 5) is 15.1. The first-order chi connectivity index (χ1) is 12.6. The molecule has 4 aromatic rings. The Labute approximate surface area is 152 Å². The SMILES string of the molecule is O=[N+]([O-])c1cc(Cl)ccc1-c1ccc(C=Cc2nc3ccccc3o2)o1. The highest BCUT2D eigenvalue weighted by Gasteiger charge is 2.18. The van der Waals surface area contributed by atoms with Crippen molar-refractivity contribution in [3.8, 4) is 11.3 Å². The molecule has 6 nitrogen and oxygen atoms in total. The monoisotopic (exact) mass is 366 g/mol. The van der Waals surface area contributed by atoms with E-state index in [1.807, 2.05) is 24.3 Å².